The van der Waals surface area contributed by atoms with Gasteiger partial charge in [0, 0.05) is 0 Å². The fourth-order valence-corrected chi connectivity index (χ4v) is 2.52. The number of amides is 1. The quantitative estimate of drug-likeness (QED) is 0.822. The fraction of sp³-hybridized carbons (Fsp3) is 0.381. The summed E-state index contributed by atoms with van der Waals surface area (Å²) in [5.74, 6) is 1.17. The van der Waals surface area contributed by atoms with Crippen molar-refractivity contribution < 1.29 is 14.3 Å². The Kier molecular flexibility index (Phi) is 6.07. The SMILES string of the molecule is CCOc1ccccc1NC(=O)C(C)Oc1ccccc1C(C)(C)C. The summed E-state index contributed by atoms with van der Waals surface area (Å²) < 4.78 is 11.5. The second kappa shape index (κ2) is 8.06. The van der Waals surface area contributed by atoms with E-state index in [1.165, 1.54) is 0 Å². The van der Waals surface area contributed by atoms with E-state index in [1.54, 1.807) is 6.92 Å². The van der Waals surface area contributed by atoms with Crippen molar-refractivity contribution in [3.05, 3.63) is 54.1 Å². The molecular weight excluding hydrogens is 314 g/mol. The van der Waals surface area contributed by atoms with E-state index in [-0.39, 0.29) is 11.3 Å². The number of carbonyl (C=O) groups excluding carboxylic acids is 1. The van der Waals surface area contributed by atoms with Crippen LogP contribution in [0.4, 0.5) is 5.69 Å². The molecule has 0 saturated heterocycles. The van der Waals surface area contributed by atoms with Crippen LogP contribution in [0.2, 0.25) is 0 Å². The Morgan fingerprint density at radius 3 is 2.28 bits per heavy atom. The summed E-state index contributed by atoms with van der Waals surface area (Å²) in [4.78, 5) is 12.5. The number of carbonyl (C=O) groups is 1. The maximum absolute atomic E-state index is 12.5. The second-order valence-corrected chi connectivity index (χ2v) is 6.92. The molecule has 1 amide bonds. The summed E-state index contributed by atoms with van der Waals surface area (Å²) in [6.45, 7) is 10.6. The molecule has 0 heterocycles. The first kappa shape index (κ1) is 18.8. The van der Waals surface area contributed by atoms with Gasteiger partial charge in [0.2, 0.25) is 0 Å². The highest BCUT2D eigenvalue weighted by atomic mass is 16.5. The van der Waals surface area contributed by atoms with E-state index in [2.05, 4.69) is 26.1 Å². The molecule has 25 heavy (non-hydrogen) atoms. The molecule has 1 N–H and O–H groups in total. The van der Waals surface area contributed by atoms with Gasteiger partial charge in [-0.05, 0) is 43.0 Å². The minimum atomic E-state index is -0.627. The normalized spacial score (nSPS) is 12.4. The lowest BCUT2D eigenvalue weighted by molar-refractivity contribution is -0.122. The minimum Gasteiger partial charge on any atom is -0.492 e. The smallest absolute Gasteiger partial charge is 0.265 e. The topological polar surface area (TPSA) is 47.6 Å². The van der Waals surface area contributed by atoms with Gasteiger partial charge in [-0.15, -0.1) is 0 Å². The lowest BCUT2D eigenvalue weighted by atomic mass is 9.86. The molecule has 4 heteroatoms. The first-order chi connectivity index (χ1) is 11.8. The number of nitrogens with one attached hydrogen (secondary N) is 1. The first-order valence-corrected chi connectivity index (χ1v) is 8.61. The molecular formula is C21H27NO3. The van der Waals surface area contributed by atoms with Crippen LogP contribution in [0.15, 0.2) is 48.5 Å². The summed E-state index contributed by atoms with van der Waals surface area (Å²) in [5, 5.41) is 2.88. The molecule has 0 fully saturated rings. The summed E-state index contributed by atoms with van der Waals surface area (Å²) in [7, 11) is 0. The Bertz CT molecular complexity index is 719. The summed E-state index contributed by atoms with van der Waals surface area (Å²) in [6.07, 6.45) is -0.627. The van der Waals surface area contributed by atoms with Crippen LogP contribution in [-0.4, -0.2) is 18.6 Å². The van der Waals surface area contributed by atoms with Crippen molar-refractivity contribution in [3.8, 4) is 11.5 Å². The van der Waals surface area contributed by atoms with Crippen LogP contribution in [0.5, 0.6) is 11.5 Å². The maximum Gasteiger partial charge on any atom is 0.265 e. The predicted octanol–water partition coefficient (Wildman–Crippen LogP) is 4.79. The van der Waals surface area contributed by atoms with Crippen molar-refractivity contribution in [2.75, 3.05) is 11.9 Å². The standard InChI is InChI=1S/C21H27NO3/c1-6-24-19-14-10-8-12-17(19)22-20(23)15(2)25-18-13-9-7-11-16(18)21(3,4)5/h7-15H,6H2,1-5H3,(H,22,23). The number of ether oxygens (including phenoxy) is 2. The van der Waals surface area contributed by atoms with Crippen LogP contribution < -0.4 is 14.8 Å². The Morgan fingerprint density at radius 1 is 1.04 bits per heavy atom. The number of para-hydroxylation sites is 3. The zero-order chi connectivity index (χ0) is 18.4. The highest BCUT2D eigenvalue weighted by molar-refractivity contribution is 5.95. The Balaban J connectivity index is 2.12. The lowest BCUT2D eigenvalue weighted by Crippen LogP contribution is -2.31. The van der Waals surface area contributed by atoms with E-state index < -0.39 is 6.10 Å². The van der Waals surface area contributed by atoms with Crippen molar-refractivity contribution in [1.29, 1.82) is 0 Å². The van der Waals surface area contributed by atoms with Crippen LogP contribution >= 0.6 is 0 Å². The third-order valence-electron chi connectivity index (χ3n) is 3.81. The third kappa shape index (κ3) is 4.99. The van der Waals surface area contributed by atoms with Gasteiger partial charge in [-0.1, -0.05) is 51.1 Å². The average molecular weight is 341 g/mol. The number of anilines is 1. The molecule has 2 rings (SSSR count). The number of hydrogen-bond donors (Lipinski definition) is 1. The van der Waals surface area contributed by atoms with Crippen molar-refractivity contribution in [1.82, 2.24) is 0 Å². The van der Waals surface area contributed by atoms with Crippen molar-refractivity contribution in [3.63, 3.8) is 0 Å². The van der Waals surface area contributed by atoms with E-state index in [9.17, 15) is 4.79 Å². The van der Waals surface area contributed by atoms with Gasteiger partial charge in [-0.25, -0.2) is 0 Å². The molecule has 0 aliphatic carbocycles. The van der Waals surface area contributed by atoms with Crippen molar-refractivity contribution in [2.24, 2.45) is 0 Å². The number of rotatable bonds is 6. The average Bonchev–Trinajstić information content (AvgIpc) is 2.56. The molecule has 2 aromatic carbocycles. The van der Waals surface area contributed by atoms with Crippen LogP contribution in [0, 0.1) is 0 Å². The second-order valence-electron chi connectivity index (χ2n) is 6.92. The summed E-state index contributed by atoms with van der Waals surface area (Å²) >= 11 is 0. The molecule has 4 nitrogen and oxygen atoms in total. The predicted molar refractivity (Wildman–Crippen MR) is 101 cm³/mol. The van der Waals surface area contributed by atoms with Gasteiger partial charge in [-0.2, -0.15) is 0 Å². The zero-order valence-corrected chi connectivity index (χ0v) is 15.6. The largest absolute Gasteiger partial charge is 0.492 e. The molecule has 0 saturated carbocycles. The van der Waals surface area contributed by atoms with E-state index in [4.69, 9.17) is 9.47 Å². The van der Waals surface area contributed by atoms with Crippen LogP contribution in [0.3, 0.4) is 0 Å². The third-order valence-corrected chi connectivity index (χ3v) is 3.81. The molecule has 1 unspecified atom stereocenters. The van der Waals surface area contributed by atoms with Gasteiger partial charge in [0.25, 0.3) is 5.91 Å². The Labute approximate surface area is 150 Å². The van der Waals surface area contributed by atoms with E-state index >= 15 is 0 Å². The van der Waals surface area contributed by atoms with E-state index in [0.29, 0.717) is 18.0 Å². The fourth-order valence-electron chi connectivity index (χ4n) is 2.52. The molecule has 0 aliphatic rings. The summed E-state index contributed by atoms with van der Waals surface area (Å²) in [6, 6.07) is 15.2. The van der Waals surface area contributed by atoms with Gasteiger partial charge < -0.3 is 14.8 Å². The number of benzene rings is 2. The van der Waals surface area contributed by atoms with Crippen LogP contribution in [0.1, 0.15) is 40.2 Å². The molecule has 134 valence electrons. The lowest BCUT2D eigenvalue weighted by Gasteiger charge is -2.24. The molecule has 0 radical (unpaired) electrons. The molecule has 0 spiro atoms. The molecule has 0 aromatic heterocycles. The minimum absolute atomic E-state index is 0.0612. The van der Waals surface area contributed by atoms with Crippen molar-refractivity contribution >= 4 is 11.6 Å². The highest BCUT2D eigenvalue weighted by Gasteiger charge is 2.22. The molecule has 1 atom stereocenters. The molecule has 0 aliphatic heterocycles. The van der Waals surface area contributed by atoms with Gasteiger partial charge in [0.05, 0.1) is 12.3 Å². The van der Waals surface area contributed by atoms with E-state index in [0.717, 1.165) is 11.3 Å². The molecule has 2 aromatic rings. The zero-order valence-electron chi connectivity index (χ0n) is 15.6. The van der Waals surface area contributed by atoms with Crippen molar-refractivity contribution in [2.45, 2.75) is 46.1 Å². The van der Waals surface area contributed by atoms with E-state index in [1.807, 2.05) is 55.5 Å². The Hall–Kier alpha value is -2.49. The van der Waals surface area contributed by atoms with Gasteiger partial charge in [0.15, 0.2) is 6.10 Å². The maximum atomic E-state index is 12.5. The molecule has 0 bridgehead atoms. The highest BCUT2D eigenvalue weighted by Crippen LogP contribution is 2.32. The first-order valence-electron chi connectivity index (χ1n) is 8.61. The van der Waals surface area contributed by atoms with Gasteiger partial charge in [0.1, 0.15) is 11.5 Å². The monoisotopic (exact) mass is 341 g/mol. The van der Waals surface area contributed by atoms with Crippen LogP contribution in [0.25, 0.3) is 0 Å². The summed E-state index contributed by atoms with van der Waals surface area (Å²) in [5.41, 5.74) is 1.66. The van der Waals surface area contributed by atoms with Gasteiger partial charge in [-0.3, -0.25) is 4.79 Å². The van der Waals surface area contributed by atoms with Crippen LogP contribution in [-0.2, 0) is 10.2 Å². The Morgan fingerprint density at radius 2 is 1.64 bits per heavy atom. The van der Waals surface area contributed by atoms with Gasteiger partial charge >= 0.3 is 0 Å². The number of hydrogen-bond acceptors (Lipinski definition) is 3.